The third-order valence-corrected chi connectivity index (χ3v) is 1.87. The van der Waals surface area contributed by atoms with Crippen LogP contribution in [0, 0.1) is 6.92 Å². The number of aromatic nitrogens is 1. The first kappa shape index (κ1) is 6.39. The summed E-state index contributed by atoms with van der Waals surface area (Å²) in [6, 6.07) is -0.00468. The van der Waals surface area contributed by atoms with Gasteiger partial charge in [-0.15, -0.1) is 0 Å². The first-order valence-electron chi connectivity index (χ1n) is 3.47. The fourth-order valence-corrected chi connectivity index (χ4v) is 1.30. The van der Waals surface area contributed by atoms with E-state index in [-0.39, 0.29) is 11.9 Å². The molecule has 0 aliphatic carbocycles. The van der Waals surface area contributed by atoms with Gasteiger partial charge in [-0.25, -0.2) is 0 Å². The van der Waals surface area contributed by atoms with Crippen LogP contribution in [0.1, 0.15) is 34.8 Å². The fraction of sp³-hybridized carbons (Fsp3) is 0.429. The molecule has 4 heteroatoms. The van der Waals surface area contributed by atoms with E-state index in [4.69, 9.17) is 4.52 Å². The minimum atomic E-state index is -0.0775. The molecule has 0 fully saturated rings. The van der Waals surface area contributed by atoms with E-state index in [1.54, 1.807) is 6.92 Å². The van der Waals surface area contributed by atoms with Crippen molar-refractivity contribution < 1.29 is 9.32 Å². The molecule has 0 spiro atoms. The highest BCUT2D eigenvalue weighted by Crippen LogP contribution is 2.25. The van der Waals surface area contributed by atoms with E-state index in [0.29, 0.717) is 11.3 Å². The molecule has 0 saturated carbocycles. The highest BCUT2D eigenvalue weighted by atomic mass is 16.5. The number of fused-ring (bicyclic) bond motifs is 1. The molecule has 1 atom stereocenters. The van der Waals surface area contributed by atoms with Gasteiger partial charge in [-0.1, -0.05) is 5.16 Å². The van der Waals surface area contributed by atoms with Gasteiger partial charge in [-0.05, 0) is 13.8 Å². The summed E-state index contributed by atoms with van der Waals surface area (Å²) in [5.41, 5.74) is 1.34. The van der Waals surface area contributed by atoms with Crippen molar-refractivity contribution in [3.8, 4) is 0 Å². The molecule has 0 aromatic carbocycles. The molecule has 1 aromatic rings. The van der Waals surface area contributed by atoms with Gasteiger partial charge in [-0.3, -0.25) is 4.79 Å². The van der Waals surface area contributed by atoms with Crippen molar-refractivity contribution in [3.63, 3.8) is 0 Å². The zero-order valence-electron chi connectivity index (χ0n) is 6.34. The van der Waals surface area contributed by atoms with E-state index in [1.807, 2.05) is 6.92 Å². The van der Waals surface area contributed by atoms with Gasteiger partial charge in [0.25, 0.3) is 5.91 Å². The first-order chi connectivity index (χ1) is 5.20. The Kier molecular flexibility index (Phi) is 1.07. The van der Waals surface area contributed by atoms with Crippen LogP contribution >= 0.6 is 0 Å². The number of aryl methyl sites for hydroxylation is 1. The number of amides is 1. The SMILES string of the molecule is Cc1onc2c1C(=O)N[C@H]2C. The molecular weight excluding hydrogens is 144 g/mol. The highest BCUT2D eigenvalue weighted by molar-refractivity contribution is 5.99. The smallest absolute Gasteiger partial charge is 0.257 e. The van der Waals surface area contributed by atoms with Crippen LogP contribution in [0.2, 0.25) is 0 Å². The third kappa shape index (κ3) is 0.691. The summed E-state index contributed by atoms with van der Waals surface area (Å²) in [6.07, 6.45) is 0. The molecule has 2 heterocycles. The zero-order valence-corrected chi connectivity index (χ0v) is 6.34. The van der Waals surface area contributed by atoms with Gasteiger partial charge in [0, 0.05) is 0 Å². The quantitative estimate of drug-likeness (QED) is 0.597. The molecule has 1 amide bonds. The molecule has 2 rings (SSSR count). The van der Waals surface area contributed by atoms with Crippen molar-refractivity contribution in [2.45, 2.75) is 19.9 Å². The maximum absolute atomic E-state index is 11.1. The van der Waals surface area contributed by atoms with Gasteiger partial charge in [0.1, 0.15) is 17.0 Å². The molecule has 0 radical (unpaired) electrons. The summed E-state index contributed by atoms with van der Waals surface area (Å²) < 4.78 is 4.87. The number of nitrogens with zero attached hydrogens (tertiary/aromatic N) is 1. The van der Waals surface area contributed by atoms with Gasteiger partial charge in [0.2, 0.25) is 0 Å². The van der Waals surface area contributed by atoms with Crippen LogP contribution < -0.4 is 5.32 Å². The van der Waals surface area contributed by atoms with Crippen molar-refractivity contribution in [2.75, 3.05) is 0 Å². The molecular formula is C7H8N2O2. The summed E-state index contributed by atoms with van der Waals surface area (Å²) in [4.78, 5) is 11.1. The second kappa shape index (κ2) is 1.84. The van der Waals surface area contributed by atoms with Crippen molar-refractivity contribution in [1.82, 2.24) is 10.5 Å². The summed E-state index contributed by atoms with van der Waals surface area (Å²) in [5.74, 6) is 0.521. The predicted molar refractivity (Wildman–Crippen MR) is 37.1 cm³/mol. The first-order valence-corrected chi connectivity index (χ1v) is 3.47. The second-order valence-corrected chi connectivity index (χ2v) is 2.69. The predicted octanol–water partition coefficient (Wildman–Crippen LogP) is 0.787. The molecule has 0 unspecified atom stereocenters. The topological polar surface area (TPSA) is 55.1 Å². The van der Waals surface area contributed by atoms with E-state index in [9.17, 15) is 4.79 Å². The second-order valence-electron chi connectivity index (χ2n) is 2.69. The van der Waals surface area contributed by atoms with Gasteiger partial charge in [-0.2, -0.15) is 0 Å². The molecule has 1 aliphatic rings. The summed E-state index contributed by atoms with van der Waals surface area (Å²) in [7, 11) is 0. The lowest BCUT2D eigenvalue weighted by Gasteiger charge is -1.97. The Balaban J connectivity index is 2.63. The number of carbonyl (C=O) groups is 1. The maximum Gasteiger partial charge on any atom is 0.257 e. The Morgan fingerprint density at radius 1 is 1.64 bits per heavy atom. The van der Waals surface area contributed by atoms with E-state index >= 15 is 0 Å². The molecule has 58 valence electrons. The van der Waals surface area contributed by atoms with E-state index in [1.165, 1.54) is 0 Å². The largest absolute Gasteiger partial charge is 0.360 e. The third-order valence-electron chi connectivity index (χ3n) is 1.87. The minimum Gasteiger partial charge on any atom is -0.360 e. The lowest BCUT2D eigenvalue weighted by Crippen LogP contribution is -2.17. The number of hydrogen-bond acceptors (Lipinski definition) is 3. The lowest BCUT2D eigenvalue weighted by atomic mass is 10.2. The summed E-state index contributed by atoms with van der Waals surface area (Å²) in [6.45, 7) is 3.62. The molecule has 4 nitrogen and oxygen atoms in total. The molecule has 1 N–H and O–H groups in total. The fourth-order valence-electron chi connectivity index (χ4n) is 1.30. The highest BCUT2D eigenvalue weighted by Gasteiger charge is 2.31. The van der Waals surface area contributed by atoms with Crippen molar-refractivity contribution in [3.05, 3.63) is 17.0 Å². The molecule has 11 heavy (non-hydrogen) atoms. The van der Waals surface area contributed by atoms with Gasteiger partial charge in [0.05, 0.1) is 6.04 Å². The molecule has 0 bridgehead atoms. The number of carbonyl (C=O) groups excluding carboxylic acids is 1. The summed E-state index contributed by atoms with van der Waals surface area (Å²) in [5, 5.41) is 6.51. The monoisotopic (exact) mass is 152 g/mol. The Bertz CT molecular complexity index is 316. The van der Waals surface area contributed by atoms with Crippen molar-refractivity contribution in [1.29, 1.82) is 0 Å². The Morgan fingerprint density at radius 3 is 3.00 bits per heavy atom. The van der Waals surface area contributed by atoms with Crippen LogP contribution in [0.15, 0.2) is 4.52 Å². The molecule has 0 saturated heterocycles. The van der Waals surface area contributed by atoms with E-state index in [0.717, 1.165) is 5.69 Å². The van der Waals surface area contributed by atoms with Crippen molar-refractivity contribution >= 4 is 5.91 Å². The normalized spacial score (nSPS) is 21.6. The van der Waals surface area contributed by atoms with Gasteiger partial charge >= 0.3 is 0 Å². The lowest BCUT2D eigenvalue weighted by molar-refractivity contribution is 0.0954. The van der Waals surface area contributed by atoms with Crippen molar-refractivity contribution in [2.24, 2.45) is 0 Å². The van der Waals surface area contributed by atoms with E-state index < -0.39 is 0 Å². The van der Waals surface area contributed by atoms with E-state index in [2.05, 4.69) is 10.5 Å². The Morgan fingerprint density at radius 2 is 2.36 bits per heavy atom. The van der Waals surface area contributed by atoms with Crippen LogP contribution in [-0.2, 0) is 0 Å². The van der Waals surface area contributed by atoms with Crippen LogP contribution in [0.25, 0.3) is 0 Å². The average Bonchev–Trinajstić information content (AvgIpc) is 2.41. The maximum atomic E-state index is 11.1. The number of nitrogens with one attached hydrogen (secondary N) is 1. The number of rotatable bonds is 0. The van der Waals surface area contributed by atoms with Crippen LogP contribution in [0.4, 0.5) is 0 Å². The average molecular weight is 152 g/mol. The Hall–Kier alpha value is -1.32. The van der Waals surface area contributed by atoms with Gasteiger partial charge < -0.3 is 9.84 Å². The standard InChI is InChI=1S/C7H8N2O2/c1-3-6-5(7(10)8-3)4(2)11-9-6/h3H,1-2H3,(H,8,10)/t3-/m0/s1. The summed E-state index contributed by atoms with van der Waals surface area (Å²) >= 11 is 0. The number of hydrogen-bond donors (Lipinski definition) is 1. The Labute approximate surface area is 63.6 Å². The zero-order chi connectivity index (χ0) is 8.01. The van der Waals surface area contributed by atoms with Crippen LogP contribution in [0.5, 0.6) is 0 Å². The minimum absolute atomic E-state index is 0.00468. The van der Waals surface area contributed by atoms with Gasteiger partial charge in [0.15, 0.2) is 0 Å². The van der Waals surface area contributed by atoms with Crippen LogP contribution in [0.3, 0.4) is 0 Å². The molecule has 1 aliphatic heterocycles. The molecule has 1 aromatic heterocycles. The van der Waals surface area contributed by atoms with Crippen LogP contribution in [-0.4, -0.2) is 11.1 Å².